The van der Waals surface area contributed by atoms with Gasteiger partial charge in [0, 0.05) is 72.1 Å². The van der Waals surface area contributed by atoms with Gasteiger partial charge in [-0.2, -0.15) is 0 Å². The Bertz CT molecular complexity index is 2380. The molecule has 6 saturated carbocycles. The van der Waals surface area contributed by atoms with E-state index in [-0.39, 0.29) is 36.7 Å². The minimum Gasteiger partial charge on any atom is -0.467 e. The fourth-order valence-electron chi connectivity index (χ4n) is 19.7. The van der Waals surface area contributed by atoms with Gasteiger partial charge in [0.25, 0.3) is 0 Å². The molecule has 14 rings (SSSR count). The normalized spacial score (nSPS) is 49.6. The summed E-state index contributed by atoms with van der Waals surface area (Å²) in [5, 5.41) is 0. The first kappa shape index (κ1) is 40.4. The Morgan fingerprint density at radius 1 is 0.493 bits per heavy atom. The molecule has 2 aromatic heterocycles. The summed E-state index contributed by atoms with van der Waals surface area (Å²) < 4.78 is 37.3. The second-order valence-electron chi connectivity index (χ2n) is 21.6. The van der Waals surface area contributed by atoms with Crippen molar-refractivity contribution in [1.82, 2.24) is 19.8 Å². The number of imide groups is 2. The van der Waals surface area contributed by atoms with Crippen LogP contribution in [0.4, 0.5) is 0 Å². The van der Waals surface area contributed by atoms with Crippen molar-refractivity contribution in [3.05, 3.63) is 60.2 Å². The first-order valence-electron chi connectivity index (χ1n) is 23.6. The second-order valence-corrected chi connectivity index (χ2v) is 21.6. The molecule has 6 aliphatic heterocycles. The lowest BCUT2D eigenvalue weighted by molar-refractivity contribution is -0.193. The monoisotopic (exact) mass is 916 g/mol. The van der Waals surface area contributed by atoms with E-state index in [0.717, 1.165) is 0 Å². The fraction of sp³-hybridized carbons (Fsp3) is 0.633. The van der Waals surface area contributed by atoms with Crippen LogP contribution in [0.1, 0.15) is 30.4 Å². The van der Waals surface area contributed by atoms with Crippen LogP contribution < -0.4 is 0 Å². The highest BCUT2D eigenvalue weighted by Gasteiger charge is 2.98. The van der Waals surface area contributed by atoms with Gasteiger partial charge in [-0.15, -0.1) is 0 Å². The Morgan fingerprint density at radius 3 is 1.01 bits per heavy atom. The Morgan fingerprint density at radius 2 is 0.761 bits per heavy atom. The molecule has 0 N–H and O–H groups in total. The first-order chi connectivity index (χ1) is 32.3. The van der Waals surface area contributed by atoms with Gasteiger partial charge in [0.1, 0.15) is 0 Å². The molecule has 6 saturated heterocycles. The Balaban J connectivity index is 0.911. The van der Waals surface area contributed by atoms with Crippen LogP contribution >= 0.6 is 0 Å². The van der Waals surface area contributed by atoms with E-state index in [1.165, 1.54) is 38.2 Å². The molecule has 4 amide bonds. The predicted molar refractivity (Wildman–Crippen MR) is 217 cm³/mol. The van der Waals surface area contributed by atoms with Crippen LogP contribution in [0.5, 0.6) is 0 Å². The molecular weight excluding hydrogens is 869 g/mol. The molecule has 18 nitrogen and oxygen atoms in total. The number of methoxy groups -OCH3 is 4. The number of hydrogen-bond donors (Lipinski definition) is 0. The molecule has 67 heavy (non-hydrogen) atoms. The van der Waals surface area contributed by atoms with Gasteiger partial charge in [0.2, 0.25) is 23.6 Å². The molecule has 0 aromatic carbocycles. The molecule has 18 heteroatoms. The number of esters is 4. The number of ether oxygens (including phenoxy) is 6. The maximum Gasteiger partial charge on any atom is 0.338 e. The summed E-state index contributed by atoms with van der Waals surface area (Å²) in [4.78, 5) is 129. The molecule has 2 unspecified atom stereocenters. The van der Waals surface area contributed by atoms with Crippen LogP contribution in [-0.4, -0.2) is 118 Å². The predicted octanol–water partition coefficient (Wildman–Crippen LogP) is 0.993. The third kappa shape index (κ3) is 4.02. The Labute approximate surface area is 383 Å². The quantitative estimate of drug-likeness (QED) is 0.205. The van der Waals surface area contributed by atoms with Crippen LogP contribution in [0.15, 0.2) is 49.1 Å². The summed E-state index contributed by atoms with van der Waals surface area (Å²) in [6, 6.07) is 7.07. The van der Waals surface area contributed by atoms with Crippen LogP contribution in [0.2, 0.25) is 0 Å². The van der Waals surface area contributed by atoms with Crippen molar-refractivity contribution < 1.29 is 66.8 Å². The van der Waals surface area contributed by atoms with E-state index in [9.17, 15) is 19.2 Å². The van der Waals surface area contributed by atoms with Crippen molar-refractivity contribution in [3.8, 4) is 0 Å². The highest BCUT2D eigenvalue weighted by atomic mass is 16.6. The molecule has 12 fully saturated rings. The number of carbonyl (C=O) groups is 8. The maximum absolute atomic E-state index is 15.1. The fourth-order valence-corrected chi connectivity index (χ4v) is 19.7. The number of aromatic nitrogens is 2. The first-order valence-corrected chi connectivity index (χ1v) is 23.6. The van der Waals surface area contributed by atoms with Crippen molar-refractivity contribution >= 4 is 47.5 Å². The molecule has 348 valence electrons. The number of amides is 4. The molecule has 8 heterocycles. The largest absolute Gasteiger partial charge is 0.467 e. The van der Waals surface area contributed by atoms with E-state index >= 15 is 19.2 Å². The van der Waals surface area contributed by atoms with Gasteiger partial charge in [-0.05, 0) is 78.0 Å². The summed E-state index contributed by atoms with van der Waals surface area (Å²) in [5.74, 6) is -16.5. The van der Waals surface area contributed by atoms with Gasteiger partial charge in [-0.1, -0.05) is 12.1 Å². The zero-order valence-corrected chi connectivity index (χ0v) is 37.1. The molecule has 22 atom stereocenters. The average Bonchev–Trinajstić information content (AvgIpc) is 4.22. The highest BCUT2D eigenvalue weighted by Crippen LogP contribution is 2.88. The highest BCUT2D eigenvalue weighted by molar-refractivity contribution is 6.07. The average molecular weight is 917 g/mol. The van der Waals surface area contributed by atoms with Gasteiger partial charge in [0.05, 0.1) is 65.2 Å². The van der Waals surface area contributed by atoms with Gasteiger partial charge < -0.3 is 28.4 Å². The minimum atomic E-state index is -1.80. The SMILES string of the molecule is COC(=O)[C@@]12O[C@@](C(=O)OC)([C@@H]3[C@H]4C[C@H]([C@H]5C(=O)N(Cc6cccnc6)C(=O)[C@@H]45)[C@@H]31)[C@H]1C3CC([C@H]12)[C@H]1[C@@H]3[C@]2(C(=O)OC)O[C@@]1(C(=O)OC)[C@@H]1[C@H]3C[C@H]([C@H]4C(=O)N(Cc5cccnc5)C(=O)[C@@H]34)[C@@H]12. The van der Waals surface area contributed by atoms with Crippen LogP contribution in [0.25, 0.3) is 0 Å². The number of carbonyl (C=O) groups excluding carboxylic acids is 8. The number of fused-ring (bicyclic) bond motifs is 36. The van der Waals surface area contributed by atoms with Crippen LogP contribution in [-0.2, 0) is 79.9 Å². The lowest BCUT2D eigenvalue weighted by atomic mass is 9.41. The third-order valence-corrected chi connectivity index (χ3v) is 20.5. The molecule has 0 radical (unpaired) electrons. The second kappa shape index (κ2) is 12.7. The summed E-state index contributed by atoms with van der Waals surface area (Å²) in [6.45, 7) is 0.0631. The van der Waals surface area contributed by atoms with E-state index in [1.54, 1.807) is 49.1 Å². The van der Waals surface area contributed by atoms with E-state index in [2.05, 4.69) is 9.97 Å². The van der Waals surface area contributed by atoms with E-state index in [1.807, 2.05) is 0 Å². The molecular formula is C49H48N4O14. The smallest absolute Gasteiger partial charge is 0.338 e. The molecule has 6 aliphatic carbocycles. The van der Waals surface area contributed by atoms with Crippen LogP contribution in [0, 0.1) is 107 Å². The Hall–Kier alpha value is -5.62. The van der Waals surface area contributed by atoms with E-state index in [0.29, 0.717) is 30.4 Å². The van der Waals surface area contributed by atoms with Crippen molar-refractivity contribution in [2.75, 3.05) is 28.4 Å². The lowest BCUT2D eigenvalue weighted by Crippen LogP contribution is -2.69. The van der Waals surface area contributed by atoms with Crippen molar-refractivity contribution in [1.29, 1.82) is 0 Å². The molecule has 10 bridgehead atoms. The summed E-state index contributed by atoms with van der Waals surface area (Å²) >= 11 is 0. The van der Waals surface area contributed by atoms with Gasteiger partial charge in [-0.25, -0.2) is 19.2 Å². The minimum absolute atomic E-state index is 0.0316. The summed E-state index contributed by atoms with van der Waals surface area (Å²) in [7, 11) is 5.07. The van der Waals surface area contributed by atoms with Gasteiger partial charge in [0.15, 0.2) is 22.4 Å². The topological polar surface area (TPSA) is 224 Å². The zero-order chi connectivity index (χ0) is 46.2. The van der Waals surface area contributed by atoms with Gasteiger partial charge >= 0.3 is 23.9 Å². The van der Waals surface area contributed by atoms with Gasteiger partial charge in [-0.3, -0.25) is 38.9 Å². The summed E-state index contributed by atoms with van der Waals surface area (Å²) in [6.07, 6.45) is 7.63. The maximum atomic E-state index is 15.1. The van der Waals surface area contributed by atoms with Crippen molar-refractivity contribution in [2.24, 2.45) is 107 Å². The third-order valence-electron chi connectivity index (χ3n) is 20.5. The standard InChI is InChI=1S/C49H48N4O14/c1-62-42(58)46-30-20-11-21(27-26(20)38(54)52(39(27)55)16-18-7-5-9-50-14-18)31(30)47(66-46,43(59)63-2)35-25-13-24(34(35)46)36-37(25)49(45(61)65-4)33-23-12-22(32(33)48(36,67-49)44(60)64-3)28-29(23)41(57)53(40(28)56)17-19-8-6-10-51-15-19/h5-10,14-15,20-37H,11-13,16-17H2,1-4H3/t20-,21+,22+,23-,24?,25?,26-,27+,28+,29-,30+,31-,32-,33+,34-,35+,36+,37-,46-,47+,48+,49-. The molecule has 2 aromatic rings. The lowest BCUT2D eigenvalue weighted by Gasteiger charge is -2.57. The Kier molecular flexibility index (Phi) is 7.68. The van der Waals surface area contributed by atoms with Crippen molar-refractivity contribution in [3.63, 3.8) is 0 Å². The van der Waals surface area contributed by atoms with E-state index < -0.39 is 153 Å². The van der Waals surface area contributed by atoms with Crippen LogP contribution in [0.3, 0.4) is 0 Å². The molecule has 0 spiro atoms. The number of hydrogen-bond acceptors (Lipinski definition) is 16. The van der Waals surface area contributed by atoms with E-state index in [4.69, 9.17) is 28.4 Å². The number of nitrogens with zero attached hydrogens (tertiary/aromatic N) is 4. The number of rotatable bonds is 8. The molecule has 12 aliphatic rings. The zero-order valence-electron chi connectivity index (χ0n) is 37.1. The number of pyridine rings is 2. The number of likely N-dealkylation sites (tertiary alicyclic amines) is 2. The summed E-state index contributed by atoms with van der Waals surface area (Å²) in [5.41, 5.74) is -5.84. The van der Waals surface area contributed by atoms with Crippen molar-refractivity contribution in [2.45, 2.75) is 54.8 Å².